The van der Waals surface area contributed by atoms with E-state index in [0.29, 0.717) is 0 Å². The molecule has 3 heterocycles. The minimum atomic E-state index is 1.01. The Kier molecular flexibility index (Phi) is 1.98. The van der Waals surface area contributed by atoms with Gasteiger partial charge in [0.25, 0.3) is 0 Å². The van der Waals surface area contributed by atoms with E-state index < -0.39 is 0 Å². The van der Waals surface area contributed by atoms with Crippen molar-refractivity contribution in [3.05, 3.63) is 48.0 Å². The van der Waals surface area contributed by atoms with Crippen LogP contribution in [0, 0.1) is 0 Å². The van der Waals surface area contributed by atoms with Crippen LogP contribution in [-0.2, 0) is 0 Å². The zero-order valence-corrected chi connectivity index (χ0v) is 10.2. The first-order valence-electron chi connectivity index (χ1n) is 5.68. The predicted octanol–water partition coefficient (Wildman–Crippen LogP) is 3.84. The van der Waals surface area contributed by atoms with Gasteiger partial charge in [-0.05, 0) is 23.6 Å². The maximum atomic E-state index is 4.77. The van der Waals surface area contributed by atoms with Crippen molar-refractivity contribution in [2.45, 2.75) is 0 Å². The molecule has 0 unspecified atom stereocenters. The molecule has 4 aromatic rings. The zero-order valence-electron chi connectivity index (χ0n) is 9.42. The molecule has 86 valence electrons. The number of H-pyrrole nitrogens is 1. The number of hydrogen-bond donors (Lipinski definition) is 1. The molecule has 0 aliphatic rings. The number of nitrogens with zero attached hydrogens (tertiary/aromatic N) is 2. The molecule has 0 aliphatic carbocycles. The van der Waals surface area contributed by atoms with Gasteiger partial charge in [-0.2, -0.15) is 5.10 Å². The van der Waals surface area contributed by atoms with Gasteiger partial charge in [-0.15, -0.1) is 11.3 Å². The third-order valence-electron chi connectivity index (χ3n) is 3.05. The lowest BCUT2D eigenvalue weighted by Gasteiger charge is -2.01. The number of hydrogen-bond acceptors (Lipinski definition) is 3. The highest BCUT2D eigenvalue weighted by atomic mass is 32.1. The molecule has 0 spiro atoms. The molecule has 0 bridgehead atoms. The Hall–Kier alpha value is -2.20. The molecule has 0 saturated carbocycles. The van der Waals surface area contributed by atoms with Crippen LogP contribution in [-0.4, -0.2) is 15.2 Å². The van der Waals surface area contributed by atoms with Crippen LogP contribution in [0.3, 0.4) is 0 Å². The fourth-order valence-electron chi connectivity index (χ4n) is 2.17. The molecule has 0 aliphatic heterocycles. The SMILES string of the molecule is c1csc(-c2ccc3ccc4[nH]ncc4c3n2)c1. The number of rotatable bonds is 1. The largest absolute Gasteiger partial charge is 0.278 e. The molecule has 1 N–H and O–H groups in total. The Bertz CT molecular complexity index is 831. The second-order valence-electron chi connectivity index (χ2n) is 4.14. The Morgan fingerprint density at radius 1 is 1.06 bits per heavy atom. The fourth-order valence-corrected chi connectivity index (χ4v) is 2.86. The van der Waals surface area contributed by atoms with E-state index >= 15 is 0 Å². The van der Waals surface area contributed by atoms with Gasteiger partial charge in [-0.1, -0.05) is 18.2 Å². The maximum absolute atomic E-state index is 4.77. The lowest BCUT2D eigenvalue weighted by Crippen LogP contribution is -1.83. The second-order valence-corrected chi connectivity index (χ2v) is 5.09. The third-order valence-corrected chi connectivity index (χ3v) is 3.95. The summed E-state index contributed by atoms with van der Waals surface area (Å²) in [5.74, 6) is 0. The highest BCUT2D eigenvalue weighted by molar-refractivity contribution is 7.13. The van der Waals surface area contributed by atoms with E-state index in [-0.39, 0.29) is 0 Å². The van der Waals surface area contributed by atoms with Crippen molar-refractivity contribution in [2.24, 2.45) is 0 Å². The van der Waals surface area contributed by atoms with Crippen molar-refractivity contribution in [1.82, 2.24) is 15.2 Å². The van der Waals surface area contributed by atoms with Gasteiger partial charge < -0.3 is 0 Å². The van der Waals surface area contributed by atoms with Crippen molar-refractivity contribution >= 4 is 33.1 Å². The van der Waals surface area contributed by atoms with Crippen LogP contribution in [0.4, 0.5) is 0 Å². The number of pyridine rings is 1. The van der Waals surface area contributed by atoms with E-state index in [1.807, 2.05) is 18.3 Å². The topological polar surface area (TPSA) is 41.6 Å². The number of nitrogens with one attached hydrogen (secondary N) is 1. The highest BCUT2D eigenvalue weighted by Crippen LogP contribution is 2.28. The summed E-state index contributed by atoms with van der Waals surface area (Å²) >= 11 is 1.71. The number of benzene rings is 1. The molecule has 0 radical (unpaired) electrons. The molecule has 1 aromatic carbocycles. The van der Waals surface area contributed by atoms with Gasteiger partial charge in [-0.25, -0.2) is 4.98 Å². The number of aromatic nitrogens is 3. The summed E-state index contributed by atoms with van der Waals surface area (Å²) < 4.78 is 0. The van der Waals surface area contributed by atoms with E-state index in [0.717, 1.165) is 27.5 Å². The van der Waals surface area contributed by atoms with Crippen molar-refractivity contribution in [3.63, 3.8) is 0 Å². The fraction of sp³-hybridized carbons (Fsp3) is 0. The van der Waals surface area contributed by atoms with Crippen LogP contribution in [0.15, 0.2) is 48.0 Å². The van der Waals surface area contributed by atoms with Gasteiger partial charge in [0.15, 0.2) is 0 Å². The van der Waals surface area contributed by atoms with Crippen LogP contribution < -0.4 is 0 Å². The van der Waals surface area contributed by atoms with Gasteiger partial charge in [0.1, 0.15) is 0 Å². The number of thiophene rings is 1. The molecular weight excluding hydrogens is 242 g/mol. The average molecular weight is 251 g/mol. The Morgan fingerprint density at radius 3 is 2.89 bits per heavy atom. The first-order chi connectivity index (χ1) is 8.92. The zero-order chi connectivity index (χ0) is 11.9. The first kappa shape index (κ1) is 9.79. The van der Waals surface area contributed by atoms with E-state index in [9.17, 15) is 0 Å². The molecular formula is C14H9N3S. The number of aromatic amines is 1. The minimum Gasteiger partial charge on any atom is -0.278 e. The summed E-state index contributed by atoms with van der Waals surface area (Å²) in [6.45, 7) is 0. The summed E-state index contributed by atoms with van der Waals surface area (Å²) in [4.78, 5) is 5.96. The van der Waals surface area contributed by atoms with Gasteiger partial charge >= 0.3 is 0 Å². The van der Waals surface area contributed by atoms with Gasteiger partial charge in [0.05, 0.1) is 27.8 Å². The van der Waals surface area contributed by atoms with Crippen molar-refractivity contribution in [2.75, 3.05) is 0 Å². The molecule has 0 atom stereocenters. The second kappa shape index (κ2) is 3.65. The summed E-state index contributed by atoms with van der Waals surface area (Å²) in [5.41, 5.74) is 3.05. The van der Waals surface area contributed by atoms with Crippen LogP contribution in [0.25, 0.3) is 32.4 Å². The lowest BCUT2D eigenvalue weighted by atomic mass is 10.1. The summed E-state index contributed by atoms with van der Waals surface area (Å²) in [5, 5.41) is 11.3. The normalized spacial score (nSPS) is 11.3. The molecule has 4 heteroatoms. The molecule has 18 heavy (non-hydrogen) atoms. The van der Waals surface area contributed by atoms with Crippen LogP contribution in [0.5, 0.6) is 0 Å². The van der Waals surface area contributed by atoms with E-state index in [1.165, 1.54) is 4.88 Å². The Balaban J connectivity index is 2.08. The average Bonchev–Trinajstić information content (AvgIpc) is 3.09. The van der Waals surface area contributed by atoms with Gasteiger partial charge in [0, 0.05) is 10.8 Å². The monoisotopic (exact) mass is 251 g/mol. The molecule has 0 amide bonds. The van der Waals surface area contributed by atoms with Gasteiger partial charge in [0.2, 0.25) is 0 Å². The standard InChI is InChI=1S/C14H9N3S/c1-2-13(18-7-1)12-6-4-9-3-5-11-10(8-15-17-11)14(9)16-12/h1-8H,(H,15,17). The number of fused-ring (bicyclic) bond motifs is 3. The molecule has 0 fully saturated rings. The maximum Gasteiger partial charge on any atom is 0.0819 e. The lowest BCUT2D eigenvalue weighted by molar-refractivity contribution is 1.12. The third kappa shape index (κ3) is 1.36. The summed E-state index contributed by atoms with van der Waals surface area (Å²) in [7, 11) is 0. The predicted molar refractivity (Wildman–Crippen MR) is 74.7 cm³/mol. The summed E-state index contributed by atoms with van der Waals surface area (Å²) in [6.07, 6.45) is 1.84. The molecule has 3 aromatic heterocycles. The molecule has 0 saturated heterocycles. The Labute approximate surface area is 107 Å². The minimum absolute atomic E-state index is 1.01. The van der Waals surface area contributed by atoms with Crippen LogP contribution >= 0.6 is 11.3 Å². The van der Waals surface area contributed by atoms with Crippen molar-refractivity contribution < 1.29 is 0 Å². The van der Waals surface area contributed by atoms with E-state index in [4.69, 9.17) is 4.98 Å². The van der Waals surface area contributed by atoms with Crippen LogP contribution in [0.1, 0.15) is 0 Å². The van der Waals surface area contributed by atoms with Crippen molar-refractivity contribution in [3.8, 4) is 10.6 Å². The van der Waals surface area contributed by atoms with Crippen molar-refractivity contribution in [1.29, 1.82) is 0 Å². The molecule has 3 nitrogen and oxygen atoms in total. The van der Waals surface area contributed by atoms with E-state index in [2.05, 4.69) is 39.8 Å². The quantitative estimate of drug-likeness (QED) is 0.558. The Morgan fingerprint density at radius 2 is 2.00 bits per heavy atom. The van der Waals surface area contributed by atoms with Crippen LogP contribution in [0.2, 0.25) is 0 Å². The van der Waals surface area contributed by atoms with E-state index in [1.54, 1.807) is 11.3 Å². The first-order valence-corrected chi connectivity index (χ1v) is 6.56. The van der Waals surface area contributed by atoms with Gasteiger partial charge in [-0.3, -0.25) is 5.10 Å². The summed E-state index contributed by atoms with van der Waals surface area (Å²) in [6, 6.07) is 12.4. The highest BCUT2D eigenvalue weighted by Gasteiger charge is 2.06. The smallest absolute Gasteiger partial charge is 0.0819 e. The molecule has 4 rings (SSSR count).